The van der Waals surface area contributed by atoms with Crippen LogP contribution >= 0.6 is 0 Å². The number of phenolic OH excluding ortho intramolecular Hbond substituents is 1. The fourth-order valence-corrected chi connectivity index (χ4v) is 3.65. The molecule has 1 aliphatic rings. The van der Waals surface area contributed by atoms with Gasteiger partial charge in [-0.3, -0.25) is 0 Å². The minimum absolute atomic E-state index is 0.0338. The van der Waals surface area contributed by atoms with Crippen LogP contribution < -0.4 is 5.73 Å². The van der Waals surface area contributed by atoms with Crippen LogP contribution in [0.1, 0.15) is 44.2 Å². The summed E-state index contributed by atoms with van der Waals surface area (Å²) in [6, 6.07) is 5.49. The van der Waals surface area contributed by atoms with Gasteiger partial charge in [-0.1, -0.05) is 19.9 Å². The Hall–Kier alpha value is -1.10. The Morgan fingerprint density at radius 1 is 1.33 bits per heavy atom. The number of hydrogen-bond acceptors (Lipinski definition) is 4. The molecule has 0 spiro atoms. The Morgan fingerprint density at radius 3 is 2.67 bits per heavy atom. The van der Waals surface area contributed by atoms with Gasteiger partial charge in [-0.15, -0.1) is 0 Å². The summed E-state index contributed by atoms with van der Waals surface area (Å²) in [6.45, 7) is 4.96. The molecular weight excluding hydrogens is 266 g/mol. The number of aliphatic hydroxyl groups is 1. The highest BCUT2D eigenvalue weighted by atomic mass is 16.5. The summed E-state index contributed by atoms with van der Waals surface area (Å²) < 4.78 is 5.93. The minimum Gasteiger partial charge on any atom is -0.508 e. The molecule has 0 fully saturated rings. The maximum absolute atomic E-state index is 9.84. The SMILES string of the molecule is CCC1(CC)c2cc(O)ccc2C[C@H](OCCCO)[C@H]1N. The molecule has 0 heterocycles. The van der Waals surface area contributed by atoms with E-state index in [1.165, 1.54) is 11.1 Å². The quantitative estimate of drug-likeness (QED) is 0.702. The smallest absolute Gasteiger partial charge is 0.115 e. The van der Waals surface area contributed by atoms with Gasteiger partial charge in [0.2, 0.25) is 0 Å². The molecule has 4 heteroatoms. The van der Waals surface area contributed by atoms with E-state index in [0.717, 1.165) is 19.3 Å². The third-order valence-electron chi connectivity index (χ3n) is 4.99. The zero-order valence-electron chi connectivity index (χ0n) is 13.0. The van der Waals surface area contributed by atoms with Crippen LogP contribution in [-0.2, 0) is 16.6 Å². The Labute approximate surface area is 126 Å². The molecule has 0 aliphatic heterocycles. The van der Waals surface area contributed by atoms with Crippen LogP contribution in [0.15, 0.2) is 18.2 Å². The number of rotatable bonds is 6. The van der Waals surface area contributed by atoms with Crippen molar-refractivity contribution in [2.45, 2.75) is 57.1 Å². The summed E-state index contributed by atoms with van der Waals surface area (Å²) in [5.41, 5.74) is 8.78. The average molecular weight is 293 g/mol. The lowest BCUT2D eigenvalue weighted by atomic mass is 9.63. The molecular formula is C17H27NO3. The third-order valence-corrected chi connectivity index (χ3v) is 4.99. The predicted molar refractivity (Wildman–Crippen MR) is 83.5 cm³/mol. The molecule has 0 radical (unpaired) electrons. The summed E-state index contributed by atoms with van der Waals surface area (Å²) in [6.07, 6.45) is 3.21. The number of ether oxygens (including phenoxy) is 1. The first-order chi connectivity index (χ1) is 10.1. The molecule has 0 amide bonds. The number of aliphatic hydroxyl groups excluding tert-OH is 1. The van der Waals surface area contributed by atoms with Crippen molar-refractivity contribution in [3.8, 4) is 5.75 Å². The molecule has 21 heavy (non-hydrogen) atoms. The van der Waals surface area contributed by atoms with Gasteiger partial charge in [0.1, 0.15) is 5.75 Å². The normalized spacial score (nSPS) is 23.8. The van der Waals surface area contributed by atoms with E-state index in [1.807, 2.05) is 12.1 Å². The molecule has 4 nitrogen and oxygen atoms in total. The van der Waals surface area contributed by atoms with Crippen LogP contribution in [0.5, 0.6) is 5.75 Å². The van der Waals surface area contributed by atoms with E-state index in [4.69, 9.17) is 15.6 Å². The van der Waals surface area contributed by atoms with Gasteiger partial charge in [0.25, 0.3) is 0 Å². The highest BCUT2D eigenvalue weighted by Gasteiger charge is 2.45. The van der Waals surface area contributed by atoms with Crippen LogP contribution in [0.3, 0.4) is 0 Å². The molecule has 0 aromatic heterocycles. The van der Waals surface area contributed by atoms with Crippen molar-refractivity contribution >= 4 is 0 Å². The average Bonchev–Trinajstić information content (AvgIpc) is 2.49. The molecule has 0 unspecified atom stereocenters. The Bertz CT molecular complexity index is 471. The lowest BCUT2D eigenvalue weighted by molar-refractivity contribution is -0.000342. The van der Waals surface area contributed by atoms with Crippen LogP contribution in [0.4, 0.5) is 0 Å². The molecule has 1 aromatic carbocycles. The number of benzene rings is 1. The van der Waals surface area contributed by atoms with Crippen molar-refractivity contribution in [1.82, 2.24) is 0 Å². The Kier molecular flexibility index (Phi) is 5.25. The molecule has 118 valence electrons. The topological polar surface area (TPSA) is 75.7 Å². The van der Waals surface area contributed by atoms with Gasteiger partial charge in [0.15, 0.2) is 0 Å². The van der Waals surface area contributed by atoms with Crippen molar-refractivity contribution in [3.05, 3.63) is 29.3 Å². The molecule has 0 saturated carbocycles. The molecule has 0 saturated heterocycles. The van der Waals surface area contributed by atoms with Gasteiger partial charge in [0.05, 0.1) is 6.10 Å². The van der Waals surface area contributed by atoms with E-state index in [0.29, 0.717) is 18.8 Å². The third kappa shape index (κ3) is 2.93. The molecule has 2 atom stereocenters. The van der Waals surface area contributed by atoms with E-state index >= 15 is 0 Å². The maximum Gasteiger partial charge on any atom is 0.115 e. The van der Waals surface area contributed by atoms with Crippen LogP contribution in [0.25, 0.3) is 0 Å². The minimum atomic E-state index is -0.157. The zero-order valence-corrected chi connectivity index (χ0v) is 13.0. The highest BCUT2D eigenvalue weighted by Crippen LogP contribution is 2.43. The number of fused-ring (bicyclic) bond motifs is 1. The summed E-state index contributed by atoms with van der Waals surface area (Å²) in [4.78, 5) is 0. The van der Waals surface area contributed by atoms with E-state index in [-0.39, 0.29) is 24.2 Å². The highest BCUT2D eigenvalue weighted by molar-refractivity contribution is 5.44. The van der Waals surface area contributed by atoms with Gasteiger partial charge in [-0.25, -0.2) is 0 Å². The first-order valence-corrected chi connectivity index (χ1v) is 7.89. The fraction of sp³-hybridized carbons (Fsp3) is 0.647. The standard InChI is InChI=1S/C17H27NO3/c1-3-17(4-2)14-11-13(20)7-6-12(14)10-15(16(17)18)21-9-5-8-19/h6-7,11,15-16,19-20H,3-5,8-10,18H2,1-2H3/t15-,16+/m0/s1. The number of phenols is 1. The van der Waals surface area contributed by atoms with E-state index in [1.54, 1.807) is 6.07 Å². The van der Waals surface area contributed by atoms with Gasteiger partial charge >= 0.3 is 0 Å². The molecule has 2 rings (SSSR count). The van der Waals surface area contributed by atoms with Crippen molar-refractivity contribution in [1.29, 1.82) is 0 Å². The van der Waals surface area contributed by atoms with Crippen molar-refractivity contribution in [2.24, 2.45) is 5.73 Å². The van der Waals surface area contributed by atoms with Crippen LogP contribution in [0.2, 0.25) is 0 Å². The monoisotopic (exact) mass is 293 g/mol. The van der Waals surface area contributed by atoms with Crippen molar-refractivity contribution < 1.29 is 14.9 Å². The van der Waals surface area contributed by atoms with Gasteiger partial charge in [-0.05, 0) is 42.5 Å². The summed E-state index contributed by atoms with van der Waals surface area (Å²) in [5, 5.41) is 18.7. The lowest BCUT2D eigenvalue weighted by Crippen LogP contribution is -2.57. The summed E-state index contributed by atoms with van der Waals surface area (Å²) in [7, 11) is 0. The number of aromatic hydroxyl groups is 1. The summed E-state index contributed by atoms with van der Waals surface area (Å²) >= 11 is 0. The van der Waals surface area contributed by atoms with E-state index < -0.39 is 0 Å². The van der Waals surface area contributed by atoms with Crippen molar-refractivity contribution in [3.63, 3.8) is 0 Å². The Morgan fingerprint density at radius 2 is 2.05 bits per heavy atom. The van der Waals surface area contributed by atoms with Gasteiger partial charge in [-0.2, -0.15) is 0 Å². The second-order valence-corrected chi connectivity index (χ2v) is 5.92. The van der Waals surface area contributed by atoms with Gasteiger partial charge in [0, 0.05) is 31.1 Å². The van der Waals surface area contributed by atoms with Crippen molar-refractivity contribution in [2.75, 3.05) is 13.2 Å². The van der Waals surface area contributed by atoms with Crippen LogP contribution in [-0.4, -0.2) is 35.6 Å². The Balaban J connectivity index is 2.36. The second-order valence-electron chi connectivity index (χ2n) is 5.92. The first kappa shape index (κ1) is 16.3. The fourth-order valence-electron chi connectivity index (χ4n) is 3.65. The largest absolute Gasteiger partial charge is 0.508 e. The van der Waals surface area contributed by atoms with Crippen LogP contribution in [0, 0.1) is 0 Å². The molecule has 0 bridgehead atoms. The molecule has 1 aliphatic carbocycles. The van der Waals surface area contributed by atoms with E-state index in [2.05, 4.69) is 13.8 Å². The number of nitrogens with two attached hydrogens (primary N) is 1. The predicted octanol–water partition coefficient (Wildman–Crippen LogP) is 2.10. The lowest BCUT2D eigenvalue weighted by Gasteiger charge is -2.47. The maximum atomic E-state index is 9.84. The van der Waals surface area contributed by atoms with Gasteiger partial charge < -0.3 is 20.7 Å². The summed E-state index contributed by atoms with van der Waals surface area (Å²) in [5.74, 6) is 0.298. The second kappa shape index (κ2) is 6.77. The molecule has 1 aromatic rings. The van der Waals surface area contributed by atoms with E-state index in [9.17, 15) is 5.11 Å². The zero-order chi connectivity index (χ0) is 15.5. The molecule has 4 N–H and O–H groups in total. The number of hydrogen-bond donors (Lipinski definition) is 3. The first-order valence-electron chi connectivity index (χ1n) is 7.89.